The van der Waals surface area contributed by atoms with E-state index < -0.39 is 0 Å². The SMILES string of the molecule is C[C@@H]([C@H]1[C@H](OC(=O)c2ccccc2)C[C@@]2(C)[C@@H]3CC[C@H]4[C@](C)(CO)[C@@H](NC(=O)c5ccccc5)CC[C@@]45C[C@@]35CC[C@]12C)N(C)C. The largest absolute Gasteiger partial charge is 0.458 e. The molecule has 0 saturated heterocycles. The molecule has 6 nitrogen and oxygen atoms in total. The van der Waals surface area contributed by atoms with Crippen molar-refractivity contribution in [2.75, 3.05) is 20.7 Å². The molecule has 5 aliphatic carbocycles. The predicted octanol–water partition coefficient (Wildman–Crippen LogP) is 6.98. The fourth-order valence-electron chi connectivity index (χ4n) is 12.6. The lowest BCUT2D eigenvalue weighted by atomic mass is 9.41. The van der Waals surface area contributed by atoms with Gasteiger partial charge in [0.1, 0.15) is 6.10 Å². The summed E-state index contributed by atoms with van der Waals surface area (Å²) in [6.45, 7) is 9.74. The number of fused-ring (bicyclic) bond motifs is 2. The summed E-state index contributed by atoms with van der Waals surface area (Å²) in [6, 6.07) is 19.2. The van der Waals surface area contributed by atoms with E-state index in [4.69, 9.17) is 4.74 Å². The van der Waals surface area contributed by atoms with Crippen LogP contribution in [0.5, 0.6) is 0 Å². The molecular weight excluding hydrogens is 572 g/mol. The minimum Gasteiger partial charge on any atom is -0.458 e. The average Bonchev–Trinajstić information content (AvgIpc) is 3.66. The molecule has 248 valence electrons. The van der Waals surface area contributed by atoms with E-state index in [1.165, 1.54) is 12.8 Å². The molecule has 0 aliphatic heterocycles. The third kappa shape index (κ3) is 4.27. The predicted molar refractivity (Wildman–Crippen MR) is 180 cm³/mol. The quantitative estimate of drug-likeness (QED) is 0.324. The maximum Gasteiger partial charge on any atom is 0.338 e. The second kappa shape index (κ2) is 10.9. The number of hydrogen-bond acceptors (Lipinski definition) is 5. The van der Waals surface area contributed by atoms with Crippen molar-refractivity contribution < 1.29 is 19.4 Å². The van der Waals surface area contributed by atoms with Gasteiger partial charge < -0.3 is 20.1 Å². The van der Waals surface area contributed by atoms with Crippen LogP contribution in [0.3, 0.4) is 0 Å². The maximum atomic E-state index is 13.5. The first-order valence-corrected chi connectivity index (χ1v) is 17.8. The number of nitrogens with one attached hydrogen (secondary N) is 1. The molecule has 0 radical (unpaired) electrons. The Morgan fingerprint density at radius 3 is 2.11 bits per heavy atom. The highest BCUT2D eigenvalue weighted by atomic mass is 16.5. The van der Waals surface area contributed by atoms with E-state index in [9.17, 15) is 14.7 Å². The van der Waals surface area contributed by atoms with Gasteiger partial charge in [0.25, 0.3) is 5.91 Å². The molecule has 11 atom stereocenters. The Morgan fingerprint density at radius 2 is 1.48 bits per heavy atom. The number of esters is 1. The number of aliphatic hydroxyl groups excluding tert-OH is 1. The van der Waals surface area contributed by atoms with Gasteiger partial charge in [-0.3, -0.25) is 4.79 Å². The Morgan fingerprint density at radius 1 is 0.870 bits per heavy atom. The van der Waals surface area contributed by atoms with Gasteiger partial charge in [-0.25, -0.2) is 4.79 Å². The van der Waals surface area contributed by atoms with Crippen molar-refractivity contribution >= 4 is 11.9 Å². The smallest absolute Gasteiger partial charge is 0.338 e. The van der Waals surface area contributed by atoms with Gasteiger partial charge in [0.05, 0.1) is 12.2 Å². The van der Waals surface area contributed by atoms with Gasteiger partial charge in [0, 0.05) is 29.0 Å². The first kappa shape index (κ1) is 31.9. The number of ether oxygens (including phenoxy) is 1. The minimum absolute atomic E-state index is 0.0375. The number of aliphatic hydroxyl groups is 1. The van der Waals surface area contributed by atoms with Crippen molar-refractivity contribution in [3.8, 4) is 0 Å². The highest BCUT2D eigenvalue weighted by Crippen LogP contribution is 2.89. The number of amides is 1. The molecule has 5 fully saturated rings. The topological polar surface area (TPSA) is 78.9 Å². The molecule has 2 aromatic rings. The van der Waals surface area contributed by atoms with Gasteiger partial charge >= 0.3 is 5.97 Å². The molecule has 7 rings (SSSR count). The second-order valence-electron chi connectivity index (χ2n) is 16.8. The van der Waals surface area contributed by atoms with Gasteiger partial charge in [-0.1, -0.05) is 57.2 Å². The number of carbonyl (C=O) groups excluding carboxylic acids is 2. The lowest BCUT2D eigenvalue weighted by molar-refractivity contribution is -0.154. The van der Waals surface area contributed by atoms with Gasteiger partial charge in [-0.2, -0.15) is 0 Å². The number of carbonyl (C=O) groups is 2. The van der Waals surface area contributed by atoms with Crippen molar-refractivity contribution in [2.45, 2.75) is 97.2 Å². The van der Waals surface area contributed by atoms with Crippen LogP contribution in [-0.2, 0) is 4.74 Å². The molecule has 5 aliphatic rings. The number of benzene rings is 2. The Bertz CT molecular complexity index is 1480. The van der Waals surface area contributed by atoms with E-state index in [0.717, 1.165) is 38.5 Å². The molecule has 2 aromatic carbocycles. The van der Waals surface area contributed by atoms with Gasteiger partial charge in [-0.15, -0.1) is 0 Å². The van der Waals surface area contributed by atoms with Crippen molar-refractivity contribution in [1.82, 2.24) is 10.2 Å². The first-order valence-electron chi connectivity index (χ1n) is 17.8. The van der Waals surface area contributed by atoms with E-state index in [0.29, 0.717) is 23.0 Å². The zero-order valence-corrected chi connectivity index (χ0v) is 28.7. The van der Waals surface area contributed by atoms with E-state index in [2.05, 4.69) is 52.0 Å². The summed E-state index contributed by atoms with van der Waals surface area (Å²) >= 11 is 0. The Kier molecular flexibility index (Phi) is 7.56. The zero-order valence-electron chi connectivity index (χ0n) is 28.7. The summed E-state index contributed by atoms with van der Waals surface area (Å²) < 4.78 is 6.53. The molecule has 46 heavy (non-hydrogen) atoms. The molecule has 0 unspecified atom stereocenters. The number of hydrogen-bond donors (Lipinski definition) is 2. The molecule has 2 N–H and O–H groups in total. The van der Waals surface area contributed by atoms with Crippen LogP contribution in [0, 0.1) is 44.8 Å². The van der Waals surface area contributed by atoms with Crippen molar-refractivity contribution in [3.05, 3.63) is 71.8 Å². The Labute approximate surface area is 275 Å². The number of rotatable bonds is 7. The van der Waals surface area contributed by atoms with Gasteiger partial charge in [-0.05, 0) is 130 Å². The van der Waals surface area contributed by atoms with E-state index >= 15 is 0 Å². The molecule has 0 aromatic heterocycles. The summed E-state index contributed by atoms with van der Waals surface area (Å²) in [5, 5.41) is 14.4. The maximum absolute atomic E-state index is 13.5. The van der Waals surface area contributed by atoms with Crippen molar-refractivity contribution in [2.24, 2.45) is 44.8 Å². The summed E-state index contributed by atoms with van der Waals surface area (Å²) in [5.74, 6) is 0.948. The van der Waals surface area contributed by atoms with Gasteiger partial charge in [0.2, 0.25) is 0 Å². The summed E-state index contributed by atoms with van der Waals surface area (Å²) in [6.07, 6.45) is 8.59. The molecule has 6 heteroatoms. The fourth-order valence-corrected chi connectivity index (χ4v) is 12.6. The summed E-state index contributed by atoms with van der Waals surface area (Å²) in [7, 11) is 4.33. The van der Waals surface area contributed by atoms with Crippen LogP contribution in [0.25, 0.3) is 0 Å². The number of nitrogens with zero attached hydrogens (tertiary/aromatic N) is 1. The molecular formula is C40H54N2O4. The average molecular weight is 627 g/mol. The van der Waals surface area contributed by atoms with Crippen LogP contribution < -0.4 is 5.32 Å². The van der Waals surface area contributed by atoms with Crippen LogP contribution in [-0.4, -0.2) is 60.8 Å². The summed E-state index contributed by atoms with van der Waals surface area (Å²) in [4.78, 5) is 29.1. The zero-order chi connectivity index (χ0) is 32.7. The Balaban J connectivity index is 1.18. The Hall–Kier alpha value is -2.70. The molecule has 2 spiro atoms. The van der Waals surface area contributed by atoms with E-state index in [1.807, 2.05) is 60.7 Å². The molecule has 0 bridgehead atoms. The second-order valence-corrected chi connectivity index (χ2v) is 16.8. The molecule has 1 amide bonds. The minimum atomic E-state index is -0.357. The third-order valence-electron chi connectivity index (χ3n) is 15.3. The monoisotopic (exact) mass is 626 g/mol. The van der Waals surface area contributed by atoms with E-state index in [-0.39, 0.29) is 69.7 Å². The lowest BCUT2D eigenvalue weighted by Gasteiger charge is -2.63. The molecule has 5 saturated carbocycles. The highest BCUT2D eigenvalue weighted by Gasteiger charge is 2.83. The first-order chi connectivity index (χ1) is 21.9. The summed E-state index contributed by atoms with van der Waals surface area (Å²) in [5.41, 5.74) is 1.52. The van der Waals surface area contributed by atoms with E-state index in [1.54, 1.807) is 0 Å². The van der Waals surface area contributed by atoms with Crippen molar-refractivity contribution in [1.29, 1.82) is 0 Å². The molecule has 0 heterocycles. The highest BCUT2D eigenvalue weighted by molar-refractivity contribution is 5.94. The lowest BCUT2D eigenvalue weighted by Crippen LogP contribution is -2.62. The van der Waals surface area contributed by atoms with Crippen LogP contribution in [0.1, 0.15) is 99.8 Å². The standard InChI is InChI=1S/C40H54N2O4/c1-26(42(5)6)33-29(46-35(45)28-15-11-8-12-16-28)23-38(4)31-18-17-30-36(2,25-43)32(41-34(44)27-13-9-7-10-14-27)19-20-39(30)24-40(31,39)22-21-37(33,38)3/h7-16,26,29-33,43H,17-25H2,1-6H3,(H,41,44)/t26-,29+,30-,31-,32-,33-,36-,37+,38-,39+,40-/m0/s1. The van der Waals surface area contributed by atoms with Crippen LogP contribution >= 0.6 is 0 Å². The van der Waals surface area contributed by atoms with Gasteiger partial charge in [0.15, 0.2) is 0 Å². The third-order valence-corrected chi connectivity index (χ3v) is 15.3. The van der Waals surface area contributed by atoms with Crippen LogP contribution in [0.4, 0.5) is 0 Å². The van der Waals surface area contributed by atoms with Crippen LogP contribution in [0.15, 0.2) is 60.7 Å². The van der Waals surface area contributed by atoms with Crippen LogP contribution in [0.2, 0.25) is 0 Å². The fraction of sp³-hybridized carbons (Fsp3) is 0.650. The normalized spacial score (nSPS) is 43.0. The van der Waals surface area contributed by atoms with Crippen molar-refractivity contribution in [3.63, 3.8) is 0 Å².